The molecule has 18 heavy (non-hydrogen) atoms. The topological polar surface area (TPSA) is 56.6 Å². The van der Waals surface area contributed by atoms with Crippen molar-refractivity contribution in [3.8, 4) is 6.07 Å². The SMILES string of the molecule is N#Cc1c[nH]c2c[c-]ccc2c1=O.[CH2-]CCC.[Y]. The van der Waals surface area contributed by atoms with Crippen LogP contribution < -0.4 is 5.43 Å². The average Bonchev–Trinajstić information content (AvgIpc) is 2.40. The molecule has 0 spiro atoms. The van der Waals surface area contributed by atoms with Crippen LogP contribution in [0, 0.1) is 24.3 Å². The third-order valence-electron chi connectivity index (χ3n) is 2.20. The van der Waals surface area contributed by atoms with Gasteiger partial charge in [0.2, 0.25) is 0 Å². The Balaban J connectivity index is 0.000000512. The predicted molar refractivity (Wildman–Crippen MR) is 68.4 cm³/mol. The Morgan fingerprint density at radius 1 is 1.56 bits per heavy atom. The third-order valence-corrected chi connectivity index (χ3v) is 2.20. The Hall–Kier alpha value is -0.976. The molecule has 0 saturated carbocycles. The van der Waals surface area contributed by atoms with Gasteiger partial charge in [-0.3, -0.25) is 4.79 Å². The van der Waals surface area contributed by atoms with E-state index >= 15 is 0 Å². The van der Waals surface area contributed by atoms with Crippen molar-refractivity contribution in [3.05, 3.63) is 53.2 Å². The quantitative estimate of drug-likeness (QED) is 0.823. The van der Waals surface area contributed by atoms with Gasteiger partial charge >= 0.3 is 0 Å². The molecule has 1 heterocycles. The van der Waals surface area contributed by atoms with Crippen LogP contribution in [0.5, 0.6) is 0 Å². The van der Waals surface area contributed by atoms with Crippen LogP contribution in [0.3, 0.4) is 0 Å². The van der Waals surface area contributed by atoms with E-state index in [2.05, 4.69) is 24.9 Å². The second-order valence-electron chi connectivity index (χ2n) is 3.47. The molecular formula is C14H14N2OY-2. The number of aromatic nitrogens is 1. The van der Waals surface area contributed by atoms with Crippen LogP contribution in [0.15, 0.2) is 29.2 Å². The molecule has 1 aromatic carbocycles. The van der Waals surface area contributed by atoms with E-state index in [9.17, 15) is 4.79 Å². The summed E-state index contributed by atoms with van der Waals surface area (Å²) in [6.07, 6.45) is 3.69. The summed E-state index contributed by atoms with van der Waals surface area (Å²) >= 11 is 0. The maximum atomic E-state index is 11.5. The fraction of sp³-hybridized carbons (Fsp3) is 0.214. The third kappa shape index (κ3) is 4.36. The standard InChI is InChI=1S/C10H5N2O.C4H9.Y/c11-5-7-6-12-9-4-2-1-3-8(9)10(7)13;1-3-4-2;/h1,3-4,6H,(H,12,13);1,3-4H2,2H3;/q2*-1;. The molecule has 0 aliphatic carbocycles. The molecule has 2 rings (SSSR count). The van der Waals surface area contributed by atoms with Gasteiger partial charge in [0, 0.05) is 38.9 Å². The molecule has 0 fully saturated rings. The smallest absolute Gasteiger partial charge is 0.183 e. The largest absolute Gasteiger partial charge is 0.413 e. The first-order valence-electron chi connectivity index (χ1n) is 5.45. The first kappa shape index (κ1) is 17.0. The van der Waals surface area contributed by atoms with Gasteiger partial charge in [0.15, 0.2) is 5.43 Å². The molecule has 1 N–H and O–H groups in total. The zero-order valence-electron chi connectivity index (χ0n) is 10.4. The Bertz CT molecular complexity index is 582. The summed E-state index contributed by atoms with van der Waals surface area (Å²) in [6.45, 7) is 5.72. The zero-order valence-corrected chi connectivity index (χ0v) is 13.2. The van der Waals surface area contributed by atoms with E-state index in [1.807, 2.05) is 6.07 Å². The molecule has 0 amide bonds. The molecule has 0 atom stereocenters. The summed E-state index contributed by atoms with van der Waals surface area (Å²) < 4.78 is 0. The summed E-state index contributed by atoms with van der Waals surface area (Å²) in [5.74, 6) is 0. The molecule has 1 radical (unpaired) electrons. The maximum absolute atomic E-state index is 11.5. The van der Waals surface area contributed by atoms with E-state index in [-0.39, 0.29) is 43.7 Å². The second-order valence-corrected chi connectivity index (χ2v) is 3.47. The van der Waals surface area contributed by atoms with Crippen LogP contribution in [-0.4, -0.2) is 4.98 Å². The molecular weight excluding hydrogens is 301 g/mol. The van der Waals surface area contributed by atoms with Gasteiger partial charge in [-0.2, -0.15) is 35.9 Å². The van der Waals surface area contributed by atoms with Gasteiger partial charge in [-0.1, -0.05) is 24.2 Å². The van der Waals surface area contributed by atoms with Crippen molar-refractivity contribution in [3.63, 3.8) is 0 Å². The number of fused-ring (bicyclic) bond motifs is 1. The van der Waals surface area contributed by atoms with Gasteiger partial charge in [0.1, 0.15) is 11.6 Å². The van der Waals surface area contributed by atoms with Gasteiger partial charge < -0.3 is 11.9 Å². The second kappa shape index (κ2) is 9.02. The van der Waals surface area contributed by atoms with Gasteiger partial charge in [-0.25, -0.2) is 0 Å². The van der Waals surface area contributed by atoms with Crippen molar-refractivity contribution >= 4 is 10.9 Å². The van der Waals surface area contributed by atoms with Crippen LogP contribution in [0.1, 0.15) is 25.3 Å². The fourth-order valence-electron chi connectivity index (χ4n) is 1.19. The van der Waals surface area contributed by atoms with Gasteiger partial charge in [-0.15, -0.1) is 0 Å². The Labute approximate surface area is 132 Å². The molecule has 2 aromatic rings. The fourth-order valence-corrected chi connectivity index (χ4v) is 1.19. The molecule has 0 saturated heterocycles. The summed E-state index contributed by atoms with van der Waals surface area (Å²) in [7, 11) is 0. The Morgan fingerprint density at radius 2 is 2.22 bits per heavy atom. The summed E-state index contributed by atoms with van der Waals surface area (Å²) in [6, 6.07) is 9.66. The Morgan fingerprint density at radius 3 is 2.78 bits per heavy atom. The predicted octanol–water partition coefficient (Wildman–Crippen LogP) is 2.82. The summed E-state index contributed by atoms with van der Waals surface area (Å²) in [5.41, 5.74) is 0.607. The van der Waals surface area contributed by atoms with E-state index in [4.69, 9.17) is 5.26 Å². The minimum absolute atomic E-state index is 0. The number of unbranched alkanes of at least 4 members (excludes halogenated alkanes) is 1. The van der Waals surface area contributed by atoms with Crippen molar-refractivity contribution in [2.45, 2.75) is 19.8 Å². The number of hydrogen-bond acceptors (Lipinski definition) is 2. The van der Waals surface area contributed by atoms with E-state index in [0.29, 0.717) is 10.9 Å². The molecule has 0 unspecified atom stereocenters. The molecule has 3 nitrogen and oxygen atoms in total. The average molecular weight is 315 g/mol. The molecule has 1 aromatic heterocycles. The van der Waals surface area contributed by atoms with Crippen molar-refractivity contribution in [1.29, 1.82) is 5.26 Å². The number of H-pyrrole nitrogens is 1. The summed E-state index contributed by atoms with van der Waals surface area (Å²) in [4.78, 5) is 14.4. The molecule has 0 aliphatic rings. The van der Waals surface area contributed by atoms with Crippen LogP contribution in [0.2, 0.25) is 0 Å². The van der Waals surface area contributed by atoms with Crippen molar-refractivity contribution in [1.82, 2.24) is 4.98 Å². The number of nitrogens with zero attached hydrogens (tertiary/aromatic N) is 1. The molecule has 0 aliphatic heterocycles. The maximum Gasteiger partial charge on any atom is 0.183 e. The van der Waals surface area contributed by atoms with Crippen LogP contribution in [0.25, 0.3) is 10.9 Å². The first-order chi connectivity index (χ1) is 8.24. The van der Waals surface area contributed by atoms with Crippen molar-refractivity contribution < 1.29 is 32.7 Å². The van der Waals surface area contributed by atoms with E-state index < -0.39 is 0 Å². The van der Waals surface area contributed by atoms with Gasteiger partial charge in [0.25, 0.3) is 0 Å². The van der Waals surface area contributed by atoms with E-state index in [1.165, 1.54) is 12.6 Å². The summed E-state index contributed by atoms with van der Waals surface area (Å²) in [5, 5.41) is 9.13. The minimum Gasteiger partial charge on any atom is -0.413 e. The Kier molecular flexibility index (Phi) is 8.53. The van der Waals surface area contributed by atoms with Crippen LogP contribution in [-0.2, 0) is 32.7 Å². The number of benzene rings is 1. The molecule has 0 bridgehead atoms. The first-order valence-corrected chi connectivity index (χ1v) is 5.45. The van der Waals surface area contributed by atoms with Crippen LogP contribution in [0.4, 0.5) is 0 Å². The van der Waals surface area contributed by atoms with Gasteiger partial charge in [-0.05, 0) is 0 Å². The zero-order chi connectivity index (χ0) is 12.7. The van der Waals surface area contributed by atoms with Gasteiger partial charge in [0.05, 0.1) is 0 Å². The number of rotatable bonds is 1. The number of hydrogen-bond donors (Lipinski definition) is 1. The molecule has 4 heteroatoms. The number of nitriles is 1. The van der Waals surface area contributed by atoms with E-state index in [1.54, 1.807) is 18.2 Å². The van der Waals surface area contributed by atoms with Crippen LogP contribution >= 0.6 is 0 Å². The monoisotopic (exact) mass is 315 g/mol. The molecule has 91 valence electrons. The number of aromatic amines is 1. The minimum atomic E-state index is -0.231. The van der Waals surface area contributed by atoms with Crippen molar-refractivity contribution in [2.75, 3.05) is 0 Å². The van der Waals surface area contributed by atoms with Crippen molar-refractivity contribution in [2.24, 2.45) is 0 Å². The van der Waals surface area contributed by atoms with E-state index in [0.717, 1.165) is 6.42 Å². The number of pyridine rings is 1. The number of nitrogens with one attached hydrogen (secondary N) is 1. The normalized spacial score (nSPS) is 8.72.